The van der Waals surface area contributed by atoms with Crippen molar-refractivity contribution >= 4 is 43.7 Å². The Morgan fingerprint density at radius 2 is 1.80 bits per heavy atom. The lowest BCUT2D eigenvalue weighted by molar-refractivity contribution is -0.0676. The second-order valence-electron chi connectivity index (χ2n) is 10.6. The fraction of sp³-hybridized carbons (Fsp3) is 0.480. The predicted octanol–water partition coefficient (Wildman–Crippen LogP) is 1.96. The smallest absolute Gasteiger partial charge is 0.373 e. The first-order chi connectivity index (χ1) is 21.5. The monoisotopic (exact) mass is 668 g/mol. The molecular weight excluding hydrogens is 638 g/mol. The van der Waals surface area contributed by atoms with E-state index in [1.165, 1.54) is 10.9 Å². The number of phosphoric ester groups is 2. The molecule has 3 aliphatic heterocycles. The van der Waals surface area contributed by atoms with E-state index in [0.29, 0.717) is 0 Å². The van der Waals surface area contributed by atoms with Crippen LogP contribution in [0.25, 0.3) is 22.1 Å². The second-order valence-corrected chi connectivity index (χ2v) is 13.5. The van der Waals surface area contributed by atoms with Crippen molar-refractivity contribution in [2.24, 2.45) is 0 Å². The highest BCUT2D eigenvalue weighted by Gasteiger charge is 2.53. The molecule has 3 fully saturated rings. The molecule has 3 unspecified atom stereocenters. The Morgan fingerprint density at radius 1 is 1.04 bits per heavy atom. The average molecular weight is 668 g/mol. The minimum Gasteiger partial charge on any atom is -0.373 e. The van der Waals surface area contributed by atoms with Gasteiger partial charge in [-0.1, -0.05) is 18.2 Å². The van der Waals surface area contributed by atoms with Crippen LogP contribution >= 0.6 is 15.6 Å². The van der Waals surface area contributed by atoms with E-state index in [9.17, 15) is 23.7 Å². The van der Waals surface area contributed by atoms with Gasteiger partial charge in [-0.05, 0) is 24.4 Å². The number of rotatable bonds is 4. The normalized spacial score (nSPS) is 36.0. The van der Waals surface area contributed by atoms with Crippen molar-refractivity contribution < 1.29 is 51.2 Å². The molecule has 3 saturated heterocycles. The highest BCUT2D eigenvalue weighted by molar-refractivity contribution is 7.47. The first kappa shape index (κ1) is 30.7. The Balaban J connectivity index is 1.21. The summed E-state index contributed by atoms with van der Waals surface area (Å²) in [6.07, 6.45) is -4.57. The highest BCUT2D eigenvalue weighted by atomic mass is 31.2. The summed E-state index contributed by atoms with van der Waals surface area (Å²) in [5, 5.41) is 0.951. The van der Waals surface area contributed by atoms with Crippen molar-refractivity contribution in [3.8, 4) is 0 Å². The van der Waals surface area contributed by atoms with Gasteiger partial charge in [0.25, 0.3) is 5.56 Å². The lowest BCUT2D eigenvalue weighted by Crippen LogP contribution is -2.38. The molecule has 0 aliphatic carbocycles. The van der Waals surface area contributed by atoms with Crippen molar-refractivity contribution in [2.45, 2.75) is 56.3 Å². The largest absolute Gasteiger partial charge is 0.472 e. The molecule has 5 N–H and O–H groups in total. The van der Waals surface area contributed by atoms with Gasteiger partial charge >= 0.3 is 15.6 Å². The third-order valence-corrected chi connectivity index (χ3v) is 9.81. The van der Waals surface area contributed by atoms with Crippen LogP contribution in [0.2, 0.25) is 0 Å². The molecule has 3 aliphatic rings. The van der Waals surface area contributed by atoms with E-state index < -0.39 is 77.4 Å². The van der Waals surface area contributed by atoms with Crippen molar-refractivity contribution in [3.05, 3.63) is 53.2 Å². The van der Waals surface area contributed by atoms with Crippen LogP contribution < -0.4 is 11.3 Å². The van der Waals surface area contributed by atoms with Crippen molar-refractivity contribution in [3.63, 3.8) is 0 Å². The topological polar surface area (TPSA) is 234 Å². The Hall–Kier alpha value is -2.99. The number of hydrogen-bond donors (Lipinski definition) is 4. The Bertz CT molecular complexity index is 1880. The van der Waals surface area contributed by atoms with Crippen LogP contribution in [-0.4, -0.2) is 84.2 Å². The summed E-state index contributed by atoms with van der Waals surface area (Å²) in [7, 11) is -9.66. The minimum absolute atomic E-state index is 0.0107. The van der Waals surface area contributed by atoms with E-state index in [0.717, 1.165) is 10.9 Å². The maximum absolute atomic E-state index is 13.4. The maximum Gasteiger partial charge on any atom is 0.472 e. The molecule has 45 heavy (non-hydrogen) atoms. The summed E-state index contributed by atoms with van der Waals surface area (Å²) in [6, 6.07) is 9.48. The Kier molecular flexibility index (Phi) is 7.95. The molecule has 20 heteroatoms. The number of ether oxygens (including phenoxy) is 3. The molecule has 7 rings (SSSR count). The standard InChI is InChI=1S/C25H30N6O12P2/c1-2-37-20-17-11-39-44(33,34)42-15-9-18(30-8-7-13-5-3-4-6-14(13)30)40-16(15)10-38-45(35,36)43-21(20)24(41-17)31-12-27-19-22(31)28-25(26)29-23(19)32/h3-8,12,15-18,20-21,24H,2,9-11H2,1H3,(H,33,34)(H,35,36)(H3,26,28,29,32)/t15-,16-,17-,18-,20?,21+,24-/m1/s1. The molecule has 9 atom stereocenters. The number of phosphoric acid groups is 2. The molecule has 2 bridgehead atoms. The van der Waals surface area contributed by atoms with E-state index in [1.807, 2.05) is 41.1 Å². The fourth-order valence-electron chi connectivity index (χ4n) is 5.91. The van der Waals surface area contributed by atoms with Gasteiger partial charge in [0, 0.05) is 19.2 Å². The number of anilines is 1. The number of aromatic nitrogens is 5. The summed E-state index contributed by atoms with van der Waals surface area (Å²) in [6.45, 7) is 0.682. The minimum atomic E-state index is -4.90. The molecule has 1 aromatic carbocycles. The predicted molar refractivity (Wildman–Crippen MR) is 154 cm³/mol. The molecule has 4 aromatic rings. The fourth-order valence-corrected chi connectivity index (χ4v) is 7.80. The molecular formula is C25H30N6O12P2. The van der Waals surface area contributed by atoms with Crippen molar-refractivity contribution in [2.75, 3.05) is 25.6 Å². The SMILES string of the molecule is CCOC1[C@H]2COP(=O)(O)O[C@@H]3C[C@H](n4ccc5ccccc54)O[C@@H]3COP(=O)(O)O[C@@H]1[C@H](n1cnc3c(=O)[nH]c(N)nc31)O2. The summed E-state index contributed by atoms with van der Waals surface area (Å²) < 4.78 is 69.8. The van der Waals surface area contributed by atoms with Crippen LogP contribution in [0.4, 0.5) is 5.95 Å². The van der Waals surface area contributed by atoms with Crippen LogP contribution in [0.1, 0.15) is 25.8 Å². The highest BCUT2D eigenvalue weighted by Crippen LogP contribution is 2.54. The number of fused-ring (bicyclic) bond motifs is 5. The number of nitrogens with one attached hydrogen (secondary N) is 1. The number of para-hydroxylation sites is 1. The summed E-state index contributed by atoms with van der Waals surface area (Å²) in [5.74, 6) is -0.208. The number of nitrogen functional groups attached to an aromatic ring is 1. The van der Waals surface area contributed by atoms with Gasteiger partial charge in [0.15, 0.2) is 17.4 Å². The lowest BCUT2D eigenvalue weighted by atomic mass is 10.1. The molecule has 0 radical (unpaired) electrons. The quantitative estimate of drug-likeness (QED) is 0.228. The van der Waals surface area contributed by atoms with Gasteiger partial charge in [-0.25, -0.2) is 14.1 Å². The number of hydrogen-bond acceptors (Lipinski definition) is 13. The van der Waals surface area contributed by atoms with Crippen LogP contribution in [-0.2, 0) is 41.4 Å². The van der Waals surface area contributed by atoms with E-state index in [1.54, 1.807) is 6.92 Å². The number of nitrogens with two attached hydrogens (primary N) is 1. The van der Waals surface area contributed by atoms with Gasteiger partial charge in [0.1, 0.15) is 36.7 Å². The van der Waals surface area contributed by atoms with Crippen LogP contribution in [0.15, 0.2) is 47.7 Å². The second kappa shape index (κ2) is 11.7. The number of imidazole rings is 1. The third kappa shape index (κ3) is 5.88. The lowest BCUT2D eigenvalue weighted by Gasteiger charge is -2.26. The zero-order valence-corrected chi connectivity index (χ0v) is 25.4. The first-order valence-corrected chi connectivity index (χ1v) is 17.0. The maximum atomic E-state index is 13.4. The summed E-state index contributed by atoms with van der Waals surface area (Å²) in [5.41, 5.74) is 5.88. The molecule has 6 heterocycles. The number of H-pyrrole nitrogens is 1. The molecule has 0 saturated carbocycles. The zero-order valence-electron chi connectivity index (χ0n) is 23.6. The summed E-state index contributed by atoms with van der Waals surface area (Å²) in [4.78, 5) is 44.6. The molecule has 18 nitrogen and oxygen atoms in total. The molecule has 0 spiro atoms. The van der Waals surface area contributed by atoms with Crippen LogP contribution in [0, 0.1) is 0 Å². The summed E-state index contributed by atoms with van der Waals surface area (Å²) >= 11 is 0. The van der Waals surface area contributed by atoms with Gasteiger partial charge in [0.2, 0.25) is 5.95 Å². The number of aromatic amines is 1. The van der Waals surface area contributed by atoms with Gasteiger partial charge < -0.3 is 34.3 Å². The van der Waals surface area contributed by atoms with Crippen LogP contribution in [0.5, 0.6) is 0 Å². The first-order valence-electron chi connectivity index (χ1n) is 14.0. The molecule has 242 valence electrons. The van der Waals surface area contributed by atoms with E-state index in [-0.39, 0.29) is 30.1 Å². The van der Waals surface area contributed by atoms with Gasteiger partial charge in [0.05, 0.1) is 25.1 Å². The Morgan fingerprint density at radius 3 is 2.60 bits per heavy atom. The van der Waals surface area contributed by atoms with Gasteiger partial charge in [-0.3, -0.25) is 32.4 Å². The van der Waals surface area contributed by atoms with Gasteiger partial charge in [-0.2, -0.15) is 4.98 Å². The number of benzene rings is 1. The van der Waals surface area contributed by atoms with Gasteiger partial charge in [-0.15, -0.1) is 0 Å². The van der Waals surface area contributed by atoms with Crippen molar-refractivity contribution in [1.29, 1.82) is 0 Å². The molecule has 0 amide bonds. The van der Waals surface area contributed by atoms with E-state index >= 15 is 0 Å². The average Bonchev–Trinajstić information content (AvgIpc) is 3.76. The van der Waals surface area contributed by atoms with E-state index in [2.05, 4.69) is 15.0 Å². The third-order valence-electron chi connectivity index (χ3n) is 7.82. The van der Waals surface area contributed by atoms with Crippen LogP contribution in [0.3, 0.4) is 0 Å². The molecule has 3 aromatic heterocycles. The van der Waals surface area contributed by atoms with Crippen molar-refractivity contribution in [1.82, 2.24) is 24.1 Å². The Labute approximate surface area is 254 Å². The zero-order chi connectivity index (χ0) is 31.5. The number of nitrogens with zero attached hydrogens (tertiary/aromatic N) is 4. The van der Waals surface area contributed by atoms with E-state index in [4.69, 9.17) is 38.0 Å².